The molecule has 1 saturated heterocycles. The molecule has 7 nitrogen and oxygen atoms in total. The molecule has 0 saturated carbocycles. The number of carbonyl (C=O) groups is 1. The van der Waals surface area contributed by atoms with E-state index < -0.39 is 10.0 Å². The van der Waals surface area contributed by atoms with E-state index in [4.69, 9.17) is 10.2 Å². The molecular formula is C12H19N3O4S. The van der Waals surface area contributed by atoms with E-state index in [-0.39, 0.29) is 16.9 Å². The summed E-state index contributed by atoms with van der Waals surface area (Å²) in [6.45, 7) is 1.82. The third kappa shape index (κ3) is 3.02. The Morgan fingerprint density at radius 3 is 2.75 bits per heavy atom. The van der Waals surface area contributed by atoms with E-state index in [0.29, 0.717) is 18.8 Å². The highest BCUT2D eigenvalue weighted by atomic mass is 32.2. The second-order valence-corrected chi connectivity index (χ2v) is 7.21. The Hall–Kier alpha value is -1.38. The summed E-state index contributed by atoms with van der Waals surface area (Å²) in [7, 11) is -0.632. The van der Waals surface area contributed by atoms with Crippen LogP contribution in [0, 0.1) is 5.92 Å². The van der Waals surface area contributed by atoms with Gasteiger partial charge in [0.25, 0.3) is 10.0 Å². The van der Waals surface area contributed by atoms with Gasteiger partial charge in [0.15, 0.2) is 0 Å². The van der Waals surface area contributed by atoms with Crippen LogP contribution in [-0.4, -0.2) is 50.7 Å². The minimum atomic E-state index is -3.54. The van der Waals surface area contributed by atoms with Crippen LogP contribution in [-0.2, 0) is 21.4 Å². The van der Waals surface area contributed by atoms with Gasteiger partial charge in [-0.15, -0.1) is 0 Å². The van der Waals surface area contributed by atoms with E-state index in [0.717, 1.165) is 17.3 Å². The molecule has 0 spiro atoms. The van der Waals surface area contributed by atoms with Crippen molar-refractivity contribution >= 4 is 15.9 Å². The summed E-state index contributed by atoms with van der Waals surface area (Å²) in [5.74, 6) is 0.147. The number of hydrogen-bond donors (Lipinski definition) is 1. The molecule has 1 fully saturated rings. The summed E-state index contributed by atoms with van der Waals surface area (Å²) < 4.78 is 30.2. The molecule has 0 radical (unpaired) electrons. The van der Waals surface area contributed by atoms with Gasteiger partial charge >= 0.3 is 0 Å². The van der Waals surface area contributed by atoms with Gasteiger partial charge in [0.1, 0.15) is 5.76 Å². The van der Waals surface area contributed by atoms with Gasteiger partial charge in [0, 0.05) is 20.6 Å². The zero-order chi connectivity index (χ0) is 14.9. The molecule has 1 amide bonds. The average Bonchev–Trinajstić information content (AvgIpc) is 2.98. The summed E-state index contributed by atoms with van der Waals surface area (Å²) in [4.78, 5) is 13.1. The normalized spacial score (nSPS) is 20.6. The number of primary amides is 1. The molecule has 1 aliphatic rings. The average molecular weight is 301 g/mol. The van der Waals surface area contributed by atoms with Crippen molar-refractivity contribution in [2.45, 2.75) is 18.1 Å². The Labute approximate surface area is 118 Å². The molecule has 8 heteroatoms. The van der Waals surface area contributed by atoms with Crippen LogP contribution in [0.4, 0.5) is 0 Å². The van der Waals surface area contributed by atoms with Crippen LogP contribution in [0.25, 0.3) is 0 Å². The summed E-state index contributed by atoms with van der Waals surface area (Å²) >= 11 is 0. The first kappa shape index (κ1) is 15.0. The van der Waals surface area contributed by atoms with E-state index >= 15 is 0 Å². The molecule has 2 N–H and O–H groups in total. The molecule has 20 heavy (non-hydrogen) atoms. The largest absolute Gasteiger partial charge is 0.447 e. The molecule has 0 aromatic carbocycles. The van der Waals surface area contributed by atoms with E-state index in [1.165, 1.54) is 20.2 Å². The Balaban J connectivity index is 2.03. The molecule has 1 atom stereocenters. The maximum Gasteiger partial charge on any atom is 0.275 e. The fraction of sp³-hybridized carbons (Fsp3) is 0.583. The first-order valence-corrected chi connectivity index (χ1v) is 7.77. The van der Waals surface area contributed by atoms with Crippen LogP contribution in [0.2, 0.25) is 0 Å². The highest BCUT2D eigenvalue weighted by Crippen LogP contribution is 2.21. The zero-order valence-corrected chi connectivity index (χ0v) is 12.4. The van der Waals surface area contributed by atoms with Crippen LogP contribution >= 0.6 is 0 Å². The van der Waals surface area contributed by atoms with Crippen molar-refractivity contribution in [2.75, 3.05) is 27.2 Å². The molecule has 1 aromatic rings. The second-order valence-electron chi connectivity index (χ2n) is 5.13. The summed E-state index contributed by atoms with van der Waals surface area (Å²) in [6.07, 6.45) is 0.735. The van der Waals surface area contributed by atoms with E-state index in [1.807, 2.05) is 4.90 Å². The van der Waals surface area contributed by atoms with Gasteiger partial charge in [-0.25, -0.2) is 12.7 Å². The molecule has 2 heterocycles. The van der Waals surface area contributed by atoms with Crippen molar-refractivity contribution in [3.05, 3.63) is 17.9 Å². The van der Waals surface area contributed by atoms with Crippen LogP contribution < -0.4 is 5.73 Å². The quantitative estimate of drug-likeness (QED) is 0.815. The Morgan fingerprint density at radius 1 is 1.50 bits per heavy atom. The molecule has 1 aromatic heterocycles. The molecule has 112 valence electrons. The smallest absolute Gasteiger partial charge is 0.275 e. The highest BCUT2D eigenvalue weighted by molar-refractivity contribution is 7.88. The predicted octanol–water partition coefficient (Wildman–Crippen LogP) is -0.163. The van der Waals surface area contributed by atoms with Gasteiger partial charge in [0.2, 0.25) is 11.0 Å². The molecule has 2 rings (SSSR count). The van der Waals surface area contributed by atoms with Crippen molar-refractivity contribution in [2.24, 2.45) is 11.7 Å². The number of sulfonamides is 1. The molecule has 0 bridgehead atoms. The predicted molar refractivity (Wildman–Crippen MR) is 72.2 cm³/mol. The number of rotatable bonds is 5. The van der Waals surface area contributed by atoms with Gasteiger partial charge < -0.3 is 10.2 Å². The second kappa shape index (κ2) is 5.55. The maximum atomic E-state index is 11.9. The van der Waals surface area contributed by atoms with Crippen molar-refractivity contribution in [1.29, 1.82) is 0 Å². The van der Waals surface area contributed by atoms with Gasteiger partial charge in [-0.1, -0.05) is 0 Å². The van der Waals surface area contributed by atoms with Crippen molar-refractivity contribution in [3.63, 3.8) is 0 Å². The van der Waals surface area contributed by atoms with Crippen LogP contribution in [0.5, 0.6) is 0 Å². The lowest BCUT2D eigenvalue weighted by Gasteiger charge is -2.13. The number of carbonyl (C=O) groups excluding carboxylic acids is 1. The lowest BCUT2D eigenvalue weighted by atomic mass is 10.1. The van der Waals surface area contributed by atoms with E-state index in [2.05, 4.69) is 0 Å². The van der Waals surface area contributed by atoms with Crippen molar-refractivity contribution < 1.29 is 17.6 Å². The SMILES string of the molecule is CN(C)S(=O)(=O)c1ccc(CN2CC[C@H](C(N)=O)C2)o1. The minimum absolute atomic E-state index is 0.0665. The number of likely N-dealkylation sites (tertiary alicyclic amines) is 1. The lowest BCUT2D eigenvalue weighted by molar-refractivity contribution is -0.121. The number of furan rings is 1. The van der Waals surface area contributed by atoms with Crippen LogP contribution in [0.3, 0.4) is 0 Å². The monoisotopic (exact) mass is 301 g/mol. The summed E-state index contributed by atoms with van der Waals surface area (Å²) in [5.41, 5.74) is 5.27. The standard InChI is InChI=1S/C12H19N3O4S/c1-14(2)20(17,18)11-4-3-10(19-11)8-15-6-5-9(7-15)12(13)16/h3-4,9H,5-8H2,1-2H3,(H2,13,16)/t9-/m0/s1. The third-order valence-electron chi connectivity index (χ3n) is 3.43. The van der Waals surface area contributed by atoms with Gasteiger partial charge in [-0.05, 0) is 25.1 Å². The fourth-order valence-electron chi connectivity index (χ4n) is 2.19. The lowest BCUT2D eigenvalue weighted by Crippen LogP contribution is -2.27. The molecule has 0 aliphatic carbocycles. The highest BCUT2D eigenvalue weighted by Gasteiger charge is 2.28. The first-order valence-electron chi connectivity index (χ1n) is 6.33. The van der Waals surface area contributed by atoms with Gasteiger partial charge in [-0.3, -0.25) is 9.69 Å². The van der Waals surface area contributed by atoms with Crippen molar-refractivity contribution in [3.8, 4) is 0 Å². The Bertz CT molecular complexity index is 594. The number of nitrogens with two attached hydrogens (primary N) is 1. The van der Waals surface area contributed by atoms with Crippen LogP contribution in [0.15, 0.2) is 21.6 Å². The summed E-state index contributed by atoms with van der Waals surface area (Å²) in [5, 5.41) is -0.0665. The Kier molecular flexibility index (Phi) is 4.17. The maximum absolute atomic E-state index is 11.9. The fourth-order valence-corrected chi connectivity index (χ4v) is 3.00. The topological polar surface area (TPSA) is 96.9 Å². The summed E-state index contributed by atoms with van der Waals surface area (Å²) in [6, 6.07) is 3.10. The zero-order valence-electron chi connectivity index (χ0n) is 11.6. The minimum Gasteiger partial charge on any atom is -0.447 e. The first-order chi connectivity index (χ1) is 9.30. The number of amides is 1. The van der Waals surface area contributed by atoms with E-state index in [1.54, 1.807) is 6.07 Å². The molecule has 0 unspecified atom stereocenters. The Morgan fingerprint density at radius 2 is 2.20 bits per heavy atom. The van der Waals surface area contributed by atoms with Crippen LogP contribution in [0.1, 0.15) is 12.2 Å². The van der Waals surface area contributed by atoms with E-state index in [9.17, 15) is 13.2 Å². The van der Waals surface area contributed by atoms with Gasteiger partial charge in [-0.2, -0.15) is 0 Å². The molecular weight excluding hydrogens is 282 g/mol. The third-order valence-corrected chi connectivity index (χ3v) is 5.12. The molecule has 1 aliphatic heterocycles. The van der Waals surface area contributed by atoms with Crippen molar-refractivity contribution in [1.82, 2.24) is 9.21 Å². The number of nitrogens with zero attached hydrogens (tertiary/aromatic N) is 2. The van der Waals surface area contributed by atoms with Gasteiger partial charge in [0.05, 0.1) is 12.5 Å². The number of hydrogen-bond acceptors (Lipinski definition) is 5.